The lowest BCUT2D eigenvalue weighted by molar-refractivity contribution is 1.03. The zero-order valence-corrected chi connectivity index (χ0v) is 9.73. The van der Waals surface area contributed by atoms with E-state index >= 15 is 0 Å². The molecule has 0 spiro atoms. The SMILES string of the molecule is Cc1ccc(Nc2nnccc2C#N)c(C)c1. The maximum atomic E-state index is 8.95. The maximum Gasteiger partial charge on any atom is 0.171 e. The van der Waals surface area contributed by atoms with Gasteiger partial charge in [-0.1, -0.05) is 17.7 Å². The summed E-state index contributed by atoms with van der Waals surface area (Å²) in [6.45, 7) is 4.05. The summed E-state index contributed by atoms with van der Waals surface area (Å²) in [7, 11) is 0. The van der Waals surface area contributed by atoms with Gasteiger partial charge in [0, 0.05) is 5.69 Å². The van der Waals surface area contributed by atoms with E-state index in [4.69, 9.17) is 5.26 Å². The Hall–Kier alpha value is -2.41. The second kappa shape index (κ2) is 4.62. The van der Waals surface area contributed by atoms with Crippen LogP contribution in [0.15, 0.2) is 30.5 Å². The first-order valence-corrected chi connectivity index (χ1v) is 5.27. The molecular formula is C13H12N4. The second-order valence-corrected chi connectivity index (χ2v) is 3.85. The van der Waals surface area contributed by atoms with E-state index in [9.17, 15) is 0 Å². The molecule has 0 unspecified atom stereocenters. The minimum atomic E-state index is 0.486. The summed E-state index contributed by atoms with van der Waals surface area (Å²) in [5, 5.41) is 19.8. The number of anilines is 2. The van der Waals surface area contributed by atoms with Gasteiger partial charge in [0.2, 0.25) is 0 Å². The molecule has 0 saturated carbocycles. The number of aromatic nitrogens is 2. The molecular weight excluding hydrogens is 212 g/mol. The van der Waals surface area contributed by atoms with Gasteiger partial charge in [-0.15, -0.1) is 5.10 Å². The van der Waals surface area contributed by atoms with Crippen molar-refractivity contribution in [1.82, 2.24) is 10.2 Å². The van der Waals surface area contributed by atoms with E-state index in [0.717, 1.165) is 11.3 Å². The molecule has 0 aliphatic heterocycles. The smallest absolute Gasteiger partial charge is 0.171 e. The Morgan fingerprint density at radius 1 is 1.24 bits per heavy atom. The standard InChI is InChI=1S/C13H12N4/c1-9-3-4-12(10(2)7-9)16-13-11(8-14)5-6-15-17-13/h3-7H,1-2H3,(H,16,17). The molecule has 0 fully saturated rings. The molecule has 0 bridgehead atoms. The van der Waals surface area contributed by atoms with Gasteiger partial charge in [0.1, 0.15) is 6.07 Å². The monoisotopic (exact) mass is 224 g/mol. The van der Waals surface area contributed by atoms with Gasteiger partial charge in [-0.3, -0.25) is 0 Å². The van der Waals surface area contributed by atoms with Gasteiger partial charge in [-0.05, 0) is 31.5 Å². The Morgan fingerprint density at radius 3 is 2.76 bits per heavy atom. The normalized spacial score (nSPS) is 9.71. The van der Waals surface area contributed by atoms with E-state index in [1.165, 1.54) is 11.8 Å². The quantitative estimate of drug-likeness (QED) is 0.851. The zero-order valence-electron chi connectivity index (χ0n) is 9.73. The number of nitrogens with zero attached hydrogens (tertiary/aromatic N) is 3. The molecule has 1 heterocycles. The number of rotatable bonds is 2. The first kappa shape index (κ1) is 11.1. The van der Waals surface area contributed by atoms with Crippen LogP contribution in [0.5, 0.6) is 0 Å². The molecule has 2 rings (SSSR count). The fraction of sp³-hybridized carbons (Fsp3) is 0.154. The number of hydrogen-bond donors (Lipinski definition) is 1. The Labute approximate surface area is 99.9 Å². The molecule has 17 heavy (non-hydrogen) atoms. The third-order valence-electron chi connectivity index (χ3n) is 2.48. The molecule has 0 amide bonds. The first-order chi connectivity index (χ1) is 8.20. The molecule has 4 heteroatoms. The number of nitriles is 1. The van der Waals surface area contributed by atoms with E-state index in [2.05, 4.69) is 27.6 Å². The molecule has 84 valence electrons. The summed E-state index contributed by atoms with van der Waals surface area (Å²) in [5.74, 6) is 0.488. The third kappa shape index (κ3) is 2.40. The molecule has 4 nitrogen and oxygen atoms in total. The van der Waals surface area contributed by atoms with Crippen molar-refractivity contribution in [2.24, 2.45) is 0 Å². The van der Waals surface area contributed by atoms with Gasteiger partial charge in [-0.2, -0.15) is 10.4 Å². The second-order valence-electron chi connectivity index (χ2n) is 3.85. The lowest BCUT2D eigenvalue weighted by atomic mass is 10.1. The predicted molar refractivity (Wildman–Crippen MR) is 65.9 cm³/mol. The van der Waals surface area contributed by atoms with E-state index in [1.54, 1.807) is 6.07 Å². The fourth-order valence-corrected chi connectivity index (χ4v) is 1.60. The van der Waals surface area contributed by atoms with Crippen molar-refractivity contribution >= 4 is 11.5 Å². The van der Waals surface area contributed by atoms with Crippen molar-refractivity contribution in [3.63, 3.8) is 0 Å². The minimum Gasteiger partial charge on any atom is -0.337 e. The first-order valence-electron chi connectivity index (χ1n) is 5.27. The van der Waals surface area contributed by atoms with Crippen LogP contribution in [0.3, 0.4) is 0 Å². The molecule has 0 radical (unpaired) electrons. The van der Waals surface area contributed by atoms with Crippen molar-refractivity contribution in [1.29, 1.82) is 5.26 Å². The van der Waals surface area contributed by atoms with Crippen LogP contribution >= 0.6 is 0 Å². The van der Waals surface area contributed by atoms with Crippen LogP contribution in [0.25, 0.3) is 0 Å². The lowest BCUT2D eigenvalue weighted by Crippen LogP contribution is -1.99. The van der Waals surface area contributed by atoms with Crippen molar-refractivity contribution < 1.29 is 0 Å². The highest BCUT2D eigenvalue weighted by molar-refractivity contribution is 5.64. The van der Waals surface area contributed by atoms with E-state index in [1.807, 2.05) is 26.0 Å². The largest absolute Gasteiger partial charge is 0.337 e. The van der Waals surface area contributed by atoms with E-state index in [-0.39, 0.29) is 0 Å². The summed E-state index contributed by atoms with van der Waals surface area (Å²) in [4.78, 5) is 0. The van der Waals surface area contributed by atoms with Crippen LogP contribution in [0.1, 0.15) is 16.7 Å². The molecule has 0 atom stereocenters. The third-order valence-corrected chi connectivity index (χ3v) is 2.48. The van der Waals surface area contributed by atoms with Gasteiger partial charge in [0.05, 0.1) is 11.8 Å². The topological polar surface area (TPSA) is 61.6 Å². The van der Waals surface area contributed by atoms with Gasteiger partial charge in [0.25, 0.3) is 0 Å². The summed E-state index contributed by atoms with van der Waals surface area (Å²) in [5.41, 5.74) is 3.74. The van der Waals surface area contributed by atoms with E-state index < -0.39 is 0 Å². The molecule has 1 N–H and O–H groups in total. The van der Waals surface area contributed by atoms with Crippen LogP contribution < -0.4 is 5.32 Å². The van der Waals surface area contributed by atoms with E-state index in [0.29, 0.717) is 11.4 Å². The number of benzene rings is 1. The lowest BCUT2D eigenvalue weighted by Gasteiger charge is -2.09. The summed E-state index contributed by atoms with van der Waals surface area (Å²) < 4.78 is 0. The van der Waals surface area contributed by atoms with Crippen molar-refractivity contribution in [2.75, 3.05) is 5.32 Å². The highest BCUT2D eigenvalue weighted by Gasteiger charge is 2.05. The van der Waals surface area contributed by atoms with Crippen molar-refractivity contribution in [3.05, 3.63) is 47.2 Å². The average molecular weight is 224 g/mol. The Morgan fingerprint density at radius 2 is 2.06 bits per heavy atom. The van der Waals surface area contributed by atoms with Crippen molar-refractivity contribution in [2.45, 2.75) is 13.8 Å². The maximum absolute atomic E-state index is 8.95. The molecule has 1 aromatic carbocycles. The summed E-state index contributed by atoms with van der Waals surface area (Å²) in [6.07, 6.45) is 1.51. The van der Waals surface area contributed by atoms with Gasteiger partial charge in [-0.25, -0.2) is 0 Å². The molecule has 2 aromatic rings. The van der Waals surface area contributed by atoms with Crippen LogP contribution in [0.4, 0.5) is 11.5 Å². The highest BCUT2D eigenvalue weighted by Crippen LogP contribution is 2.21. The zero-order chi connectivity index (χ0) is 12.3. The predicted octanol–water partition coefficient (Wildman–Crippen LogP) is 2.71. The number of aryl methyl sites for hydroxylation is 2. The van der Waals surface area contributed by atoms with Gasteiger partial charge < -0.3 is 5.32 Å². The fourth-order valence-electron chi connectivity index (χ4n) is 1.60. The molecule has 0 saturated heterocycles. The van der Waals surface area contributed by atoms with Gasteiger partial charge >= 0.3 is 0 Å². The number of nitrogens with one attached hydrogen (secondary N) is 1. The molecule has 0 aliphatic rings. The number of hydrogen-bond acceptors (Lipinski definition) is 4. The van der Waals surface area contributed by atoms with Crippen LogP contribution in [0.2, 0.25) is 0 Å². The minimum absolute atomic E-state index is 0.486. The average Bonchev–Trinajstić information content (AvgIpc) is 2.33. The van der Waals surface area contributed by atoms with Crippen LogP contribution in [-0.4, -0.2) is 10.2 Å². The summed E-state index contributed by atoms with van der Waals surface area (Å²) >= 11 is 0. The molecule has 0 aliphatic carbocycles. The van der Waals surface area contributed by atoms with Crippen LogP contribution in [0, 0.1) is 25.2 Å². The molecule has 1 aromatic heterocycles. The highest BCUT2D eigenvalue weighted by atomic mass is 15.2. The summed E-state index contributed by atoms with van der Waals surface area (Å²) in [6, 6.07) is 9.78. The Balaban J connectivity index is 2.35. The van der Waals surface area contributed by atoms with Gasteiger partial charge in [0.15, 0.2) is 5.82 Å². The van der Waals surface area contributed by atoms with Crippen molar-refractivity contribution in [3.8, 4) is 6.07 Å². The Kier molecular flexibility index (Phi) is 3.01. The van der Waals surface area contributed by atoms with Crippen LogP contribution in [-0.2, 0) is 0 Å². The Bertz CT molecular complexity index is 584.